The lowest BCUT2D eigenvalue weighted by atomic mass is 9.89. The van der Waals surface area contributed by atoms with Gasteiger partial charge in [0.05, 0.1) is 12.4 Å². The van der Waals surface area contributed by atoms with Gasteiger partial charge in [0.15, 0.2) is 5.82 Å². The Morgan fingerprint density at radius 2 is 1.79 bits per heavy atom. The molecule has 1 amide bonds. The van der Waals surface area contributed by atoms with E-state index in [4.69, 9.17) is 11.6 Å². The van der Waals surface area contributed by atoms with Gasteiger partial charge in [-0.05, 0) is 36.8 Å². The molecule has 0 saturated carbocycles. The Labute approximate surface area is 191 Å². The van der Waals surface area contributed by atoms with Crippen molar-refractivity contribution in [2.75, 3.05) is 10.6 Å². The maximum absolute atomic E-state index is 12.6. The zero-order valence-corrected chi connectivity index (χ0v) is 18.2. The third-order valence-electron chi connectivity index (χ3n) is 6.27. The van der Waals surface area contributed by atoms with Crippen molar-refractivity contribution >= 4 is 17.7 Å². The predicted octanol–water partition coefficient (Wildman–Crippen LogP) is 1.61. The fourth-order valence-electron chi connectivity index (χ4n) is 4.48. The Morgan fingerprint density at radius 1 is 1.06 bits per heavy atom. The lowest BCUT2D eigenvalue weighted by Crippen LogP contribution is -2.33. The number of fused-ring (bicyclic) bond motifs is 1. The van der Waals surface area contributed by atoms with Gasteiger partial charge in [-0.15, -0.1) is 5.10 Å². The minimum absolute atomic E-state index is 0.104. The monoisotopic (exact) mass is 445 g/mol. The summed E-state index contributed by atoms with van der Waals surface area (Å²) < 4.78 is 1.64. The Hall–Kier alpha value is -3.92. The molecular weight excluding hydrogens is 418 g/mol. The zero-order chi connectivity index (χ0) is 22.8. The molecule has 0 bridgehead atoms. The average Bonchev–Trinajstić information content (AvgIpc) is 3.46. The number of benzene rings is 1. The number of carbonyl (C=O) groups is 1. The number of nitrogens with one attached hydrogen (secondary N) is 3. The van der Waals surface area contributed by atoms with E-state index in [1.54, 1.807) is 29.3 Å². The third kappa shape index (κ3) is 4.51. The molecule has 7 N–H and O–H groups in total. The number of hydrazine groups is 1. The summed E-state index contributed by atoms with van der Waals surface area (Å²) in [6, 6.07) is 10.5. The molecule has 2 heterocycles. The van der Waals surface area contributed by atoms with Gasteiger partial charge in [-0.2, -0.15) is 0 Å². The first-order chi connectivity index (χ1) is 16.1. The smallest absolute Gasteiger partial charge is 0.229 e. The van der Waals surface area contributed by atoms with Gasteiger partial charge < -0.3 is 21.8 Å². The molecule has 2 aromatic heterocycles. The van der Waals surface area contributed by atoms with E-state index in [-0.39, 0.29) is 11.8 Å². The summed E-state index contributed by atoms with van der Waals surface area (Å²) in [5.41, 5.74) is 13.5. The number of allylic oxidation sites excluding steroid dienone is 2. The van der Waals surface area contributed by atoms with Crippen LogP contribution in [0.4, 0.5) is 11.8 Å². The number of amides is 1. The first-order valence-corrected chi connectivity index (χ1v) is 11.1. The Bertz CT molecular complexity index is 1160. The molecule has 0 radical (unpaired) electrons. The van der Waals surface area contributed by atoms with Crippen LogP contribution < -0.4 is 27.6 Å². The highest BCUT2D eigenvalue weighted by Crippen LogP contribution is 2.26. The molecule has 0 aliphatic heterocycles. The first kappa shape index (κ1) is 21.0. The highest BCUT2D eigenvalue weighted by Gasteiger charge is 2.26. The first-order valence-electron chi connectivity index (χ1n) is 11.1. The maximum atomic E-state index is 12.6. The zero-order valence-electron chi connectivity index (χ0n) is 18.2. The minimum Gasteiger partial charge on any atom is -0.401 e. The summed E-state index contributed by atoms with van der Waals surface area (Å²) in [5.74, 6) is 6.20. The molecule has 33 heavy (non-hydrogen) atoms. The van der Waals surface area contributed by atoms with Crippen LogP contribution in [0.2, 0.25) is 0 Å². The quantitative estimate of drug-likeness (QED) is 0.284. The average molecular weight is 446 g/mol. The standard InChI is InChI=1S/C23H27N9O/c24-19-11-16(5-6-20(19)30-25)22(33)29-21-7-8-32(31-21)18-12-26-23(27-13-18)28-17-9-14-3-1-2-4-15(14)10-17/h1-4,7-8,12-13,16-17,30H,5-6,9-11,24-25H2,(H,26,27,28)(H,29,31,33)/t16-/m1/s1. The normalized spacial score (nSPS) is 18.2. The molecular formula is C23H27N9O. The summed E-state index contributed by atoms with van der Waals surface area (Å²) in [7, 11) is 0. The molecule has 5 rings (SSSR count). The molecule has 0 spiro atoms. The van der Waals surface area contributed by atoms with Gasteiger partial charge in [-0.1, -0.05) is 24.3 Å². The fourth-order valence-corrected chi connectivity index (χ4v) is 4.48. The number of rotatable bonds is 6. The largest absolute Gasteiger partial charge is 0.401 e. The van der Waals surface area contributed by atoms with Crippen molar-refractivity contribution in [3.63, 3.8) is 0 Å². The summed E-state index contributed by atoms with van der Waals surface area (Å²) in [6.45, 7) is 0. The highest BCUT2D eigenvalue weighted by molar-refractivity contribution is 5.92. The number of anilines is 2. The lowest BCUT2D eigenvalue weighted by Gasteiger charge is -2.23. The number of aromatic nitrogens is 4. The molecule has 0 fully saturated rings. The van der Waals surface area contributed by atoms with Gasteiger partial charge >= 0.3 is 0 Å². The van der Waals surface area contributed by atoms with Crippen molar-refractivity contribution in [2.45, 2.75) is 38.1 Å². The molecule has 10 heteroatoms. The van der Waals surface area contributed by atoms with Crippen LogP contribution in [0.5, 0.6) is 0 Å². The second-order valence-corrected chi connectivity index (χ2v) is 8.51. The van der Waals surface area contributed by atoms with Crippen LogP contribution in [0.1, 0.15) is 30.4 Å². The maximum Gasteiger partial charge on any atom is 0.229 e. The van der Waals surface area contributed by atoms with Crippen LogP contribution in [0.25, 0.3) is 5.69 Å². The van der Waals surface area contributed by atoms with E-state index in [1.165, 1.54) is 11.1 Å². The Morgan fingerprint density at radius 3 is 2.45 bits per heavy atom. The van der Waals surface area contributed by atoms with Crippen LogP contribution in [-0.2, 0) is 17.6 Å². The molecule has 2 aliphatic carbocycles. The molecule has 10 nitrogen and oxygen atoms in total. The van der Waals surface area contributed by atoms with Gasteiger partial charge in [0.1, 0.15) is 5.69 Å². The van der Waals surface area contributed by atoms with Gasteiger partial charge in [0.2, 0.25) is 11.9 Å². The molecule has 1 aromatic carbocycles. The molecule has 1 atom stereocenters. The second-order valence-electron chi connectivity index (χ2n) is 8.51. The van der Waals surface area contributed by atoms with E-state index in [1.807, 2.05) is 0 Å². The van der Waals surface area contributed by atoms with E-state index in [9.17, 15) is 4.79 Å². The van der Waals surface area contributed by atoms with Crippen LogP contribution in [0.3, 0.4) is 0 Å². The minimum atomic E-state index is -0.206. The summed E-state index contributed by atoms with van der Waals surface area (Å²) in [5, 5.41) is 10.7. The lowest BCUT2D eigenvalue weighted by molar-refractivity contribution is -0.120. The van der Waals surface area contributed by atoms with Crippen molar-refractivity contribution in [3.8, 4) is 5.69 Å². The number of carbonyl (C=O) groups excluding carboxylic acids is 1. The number of hydrogen-bond acceptors (Lipinski definition) is 8. The molecule has 170 valence electrons. The van der Waals surface area contributed by atoms with E-state index in [2.05, 4.69) is 55.4 Å². The Kier molecular flexibility index (Phi) is 5.66. The predicted molar refractivity (Wildman–Crippen MR) is 125 cm³/mol. The fraction of sp³-hybridized carbons (Fsp3) is 0.304. The van der Waals surface area contributed by atoms with E-state index in [0.29, 0.717) is 48.5 Å². The molecule has 3 aromatic rings. The topological polar surface area (TPSA) is 149 Å². The highest BCUT2D eigenvalue weighted by atomic mass is 16.2. The number of nitrogens with zero attached hydrogens (tertiary/aromatic N) is 4. The summed E-state index contributed by atoms with van der Waals surface area (Å²) in [6.07, 6.45) is 8.93. The van der Waals surface area contributed by atoms with Gasteiger partial charge in [-0.3, -0.25) is 10.6 Å². The van der Waals surface area contributed by atoms with E-state index >= 15 is 0 Å². The molecule has 0 saturated heterocycles. The van der Waals surface area contributed by atoms with Crippen molar-refractivity contribution in [1.82, 2.24) is 25.2 Å². The number of hydrogen-bond donors (Lipinski definition) is 5. The van der Waals surface area contributed by atoms with Crippen molar-refractivity contribution in [2.24, 2.45) is 17.5 Å². The van der Waals surface area contributed by atoms with E-state index < -0.39 is 0 Å². The van der Waals surface area contributed by atoms with Crippen LogP contribution in [0.15, 0.2) is 60.3 Å². The molecule has 2 aliphatic rings. The van der Waals surface area contributed by atoms with Crippen molar-refractivity contribution in [3.05, 3.63) is 71.4 Å². The van der Waals surface area contributed by atoms with E-state index in [0.717, 1.165) is 18.5 Å². The van der Waals surface area contributed by atoms with Crippen LogP contribution >= 0.6 is 0 Å². The van der Waals surface area contributed by atoms with Crippen molar-refractivity contribution < 1.29 is 4.79 Å². The summed E-state index contributed by atoms with van der Waals surface area (Å²) in [4.78, 5) is 21.5. The van der Waals surface area contributed by atoms with Gasteiger partial charge in [-0.25, -0.2) is 14.6 Å². The molecule has 0 unspecified atom stereocenters. The van der Waals surface area contributed by atoms with Gasteiger partial charge in [0, 0.05) is 42.0 Å². The Balaban J connectivity index is 1.18. The van der Waals surface area contributed by atoms with Crippen LogP contribution in [-0.4, -0.2) is 31.7 Å². The van der Waals surface area contributed by atoms with Crippen molar-refractivity contribution in [1.29, 1.82) is 0 Å². The SMILES string of the molecule is NNC1=C(N)C[C@H](C(=O)Nc2ccn(-c3cnc(NC4Cc5ccccc5C4)nc3)n2)CC1. The third-order valence-corrected chi connectivity index (χ3v) is 6.27. The second kappa shape index (κ2) is 8.91. The van der Waals surface area contributed by atoms with Crippen LogP contribution in [0, 0.1) is 5.92 Å². The number of nitrogens with two attached hydrogens (primary N) is 2. The summed E-state index contributed by atoms with van der Waals surface area (Å²) >= 11 is 0. The van der Waals surface area contributed by atoms with Gasteiger partial charge in [0.25, 0.3) is 0 Å².